The second-order valence-corrected chi connectivity index (χ2v) is 4.78. The van der Waals surface area contributed by atoms with E-state index in [1.807, 2.05) is 0 Å². The van der Waals surface area contributed by atoms with Gasteiger partial charge in [0.15, 0.2) is 0 Å². The maximum Gasteiger partial charge on any atom is 0.254 e. The van der Waals surface area contributed by atoms with Gasteiger partial charge in [0, 0.05) is 20.0 Å². The molecule has 0 aromatic rings. The Kier molecular flexibility index (Phi) is 11.1. The van der Waals surface area contributed by atoms with Crippen molar-refractivity contribution in [2.45, 2.75) is 65.2 Å². The first-order chi connectivity index (χ1) is 8.71. The lowest BCUT2D eigenvalue weighted by atomic mass is 9.97. The molecule has 0 aliphatic heterocycles. The van der Waals surface area contributed by atoms with E-state index in [0.717, 1.165) is 19.3 Å². The number of hydrogen-bond donors (Lipinski definition) is 2. The molecule has 0 aliphatic carbocycles. The average Bonchev–Trinajstić information content (AvgIpc) is 2.39. The quantitative estimate of drug-likeness (QED) is 0.442. The van der Waals surface area contributed by atoms with E-state index in [1.165, 1.54) is 37.2 Å². The van der Waals surface area contributed by atoms with Crippen molar-refractivity contribution in [1.82, 2.24) is 16.0 Å². The summed E-state index contributed by atoms with van der Waals surface area (Å²) in [7, 11) is 3.51. The number of hydrogen-bond acceptors (Lipinski definition) is 3. The van der Waals surface area contributed by atoms with E-state index in [9.17, 15) is 4.79 Å². The molecule has 0 aromatic carbocycles. The van der Waals surface area contributed by atoms with Crippen LogP contribution in [0.2, 0.25) is 0 Å². The maximum absolute atomic E-state index is 12.1. The molecular formula is C14H31N3O. The molecule has 0 saturated heterocycles. The highest BCUT2D eigenvalue weighted by molar-refractivity contribution is 5.77. The van der Waals surface area contributed by atoms with Crippen molar-refractivity contribution < 1.29 is 4.79 Å². The number of nitrogens with zero attached hydrogens (tertiary/aromatic N) is 1. The molecule has 2 N–H and O–H groups in total. The minimum Gasteiger partial charge on any atom is -0.272 e. The van der Waals surface area contributed by atoms with Crippen molar-refractivity contribution in [2.24, 2.45) is 5.92 Å². The Hall–Kier alpha value is -0.610. The Morgan fingerprint density at radius 1 is 1.00 bits per heavy atom. The summed E-state index contributed by atoms with van der Waals surface area (Å²) in [5, 5.41) is 1.48. The van der Waals surface area contributed by atoms with Crippen LogP contribution in [0.15, 0.2) is 0 Å². The molecule has 0 saturated carbocycles. The molecule has 0 fully saturated rings. The zero-order valence-electron chi connectivity index (χ0n) is 12.6. The third kappa shape index (κ3) is 6.97. The molecule has 0 rings (SSSR count). The van der Waals surface area contributed by atoms with Crippen molar-refractivity contribution in [3.05, 3.63) is 0 Å². The van der Waals surface area contributed by atoms with Crippen LogP contribution < -0.4 is 10.9 Å². The topological polar surface area (TPSA) is 44.4 Å². The van der Waals surface area contributed by atoms with Crippen LogP contribution in [0.4, 0.5) is 0 Å². The van der Waals surface area contributed by atoms with Crippen molar-refractivity contribution in [1.29, 1.82) is 0 Å². The summed E-state index contributed by atoms with van der Waals surface area (Å²) in [5.74, 6) is 0.284. The molecule has 0 bridgehead atoms. The number of nitrogens with one attached hydrogen (secondary N) is 2. The van der Waals surface area contributed by atoms with Crippen molar-refractivity contribution in [3.63, 3.8) is 0 Å². The van der Waals surface area contributed by atoms with Crippen LogP contribution in [-0.2, 0) is 4.79 Å². The van der Waals surface area contributed by atoms with Gasteiger partial charge < -0.3 is 0 Å². The van der Waals surface area contributed by atoms with E-state index in [-0.39, 0.29) is 11.8 Å². The first-order valence-electron chi connectivity index (χ1n) is 7.39. The van der Waals surface area contributed by atoms with Gasteiger partial charge >= 0.3 is 0 Å². The Bertz CT molecular complexity index is 205. The van der Waals surface area contributed by atoms with Crippen LogP contribution in [0.5, 0.6) is 0 Å². The number of unbranched alkanes of at least 4 members (excludes halogenated alkanes) is 5. The lowest BCUT2D eigenvalue weighted by Gasteiger charge is -2.24. The van der Waals surface area contributed by atoms with E-state index in [4.69, 9.17) is 0 Å². The highest BCUT2D eigenvalue weighted by Gasteiger charge is 2.20. The molecule has 0 heterocycles. The Morgan fingerprint density at radius 2 is 1.56 bits per heavy atom. The van der Waals surface area contributed by atoms with Crippen molar-refractivity contribution >= 4 is 5.91 Å². The fraction of sp³-hybridized carbons (Fsp3) is 0.929. The van der Waals surface area contributed by atoms with Crippen LogP contribution in [0.1, 0.15) is 65.2 Å². The van der Waals surface area contributed by atoms with Gasteiger partial charge in [0.2, 0.25) is 0 Å². The fourth-order valence-electron chi connectivity index (χ4n) is 2.19. The maximum atomic E-state index is 12.1. The van der Waals surface area contributed by atoms with Crippen LogP contribution in [-0.4, -0.2) is 25.1 Å². The van der Waals surface area contributed by atoms with Crippen LogP contribution in [0.3, 0.4) is 0 Å². The average molecular weight is 257 g/mol. The third-order valence-corrected chi connectivity index (χ3v) is 3.42. The van der Waals surface area contributed by atoms with Gasteiger partial charge in [-0.2, -0.15) is 0 Å². The third-order valence-electron chi connectivity index (χ3n) is 3.42. The predicted octanol–water partition coefficient (Wildman–Crippen LogP) is 2.86. The molecule has 0 spiro atoms. The van der Waals surface area contributed by atoms with Gasteiger partial charge in [-0.05, 0) is 12.8 Å². The van der Waals surface area contributed by atoms with Crippen molar-refractivity contribution in [3.8, 4) is 0 Å². The largest absolute Gasteiger partial charge is 0.272 e. The van der Waals surface area contributed by atoms with Gasteiger partial charge in [-0.1, -0.05) is 52.4 Å². The fourth-order valence-corrected chi connectivity index (χ4v) is 2.19. The molecule has 108 valence electrons. The minimum absolute atomic E-state index is 0.135. The predicted molar refractivity (Wildman–Crippen MR) is 76.7 cm³/mol. The van der Waals surface area contributed by atoms with E-state index in [0.29, 0.717) is 0 Å². The number of carbonyl (C=O) groups excluding carboxylic acids is 1. The van der Waals surface area contributed by atoms with Crippen LogP contribution in [0, 0.1) is 5.92 Å². The smallest absolute Gasteiger partial charge is 0.254 e. The van der Waals surface area contributed by atoms with E-state index in [2.05, 4.69) is 24.7 Å². The molecule has 1 amide bonds. The molecule has 0 aromatic heterocycles. The summed E-state index contributed by atoms with van der Waals surface area (Å²) in [5.41, 5.74) is 5.71. The zero-order chi connectivity index (χ0) is 13.8. The molecule has 18 heavy (non-hydrogen) atoms. The van der Waals surface area contributed by atoms with Gasteiger partial charge in [-0.25, -0.2) is 16.0 Å². The Labute approximate surface area is 112 Å². The van der Waals surface area contributed by atoms with E-state index in [1.54, 1.807) is 14.1 Å². The summed E-state index contributed by atoms with van der Waals surface area (Å²) in [6, 6.07) is 0. The SMILES string of the molecule is CCCCCCCCC(CC)C(=O)N(NC)NC. The highest BCUT2D eigenvalue weighted by atomic mass is 16.2. The number of amides is 1. The van der Waals surface area contributed by atoms with E-state index >= 15 is 0 Å². The molecular weight excluding hydrogens is 226 g/mol. The van der Waals surface area contributed by atoms with Gasteiger partial charge in [0.25, 0.3) is 5.91 Å². The lowest BCUT2D eigenvalue weighted by Crippen LogP contribution is -2.50. The van der Waals surface area contributed by atoms with Crippen molar-refractivity contribution in [2.75, 3.05) is 14.1 Å². The normalized spacial score (nSPS) is 12.4. The number of carbonyl (C=O) groups is 1. The second-order valence-electron chi connectivity index (χ2n) is 4.78. The van der Waals surface area contributed by atoms with Gasteiger partial charge in [-0.3, -0.25) is 4.79 Å². The molecule has 0 aliphatic rings. The summed E-state index contributed by atoms with van der Waals surface area (Å²) < 4.78 is 0. The zero-order valence-corrected chi connectivity index (χ0v) is 12.6. The Balaban J connectivity index is 3.85. The molecule has 4 heteroatoms. The van der Waals surface area contributed by atoms with Gasteiger partial charge in [-0.15, -0.1) is 0 Å². The lowest BCUT2D eigenvalue weighted by molar-refractivity contribution is -0.142. The first-order valence-corrected chi connectivity index (χ1v) is 7.39. The molecule has 1 atom stereocenters. The monoisotopic (exact) mass is 257 g/mol. The van der Waals surface area contributed by atoms with E-state index < -0.39 is 0 Å². The van der Waals surface area contributed by atoms with Crippen LogP contribution in [0.25, 0.3) is 0 Å². The molecule has 0 radical (unpaired) electrons. The molecule has 1 unspecified atom stereocenters. The summed E-state index contributed by atoms with van der Waals surface area (Å²) in [4.78, 5) is 12.1. The van der Waals surface area contributed by atoms with Gasteiger partial charge in [0.1, 0.15) is 0 Å². The minimum atomic E-state index is 0.135. The standard InChI is InChI=1S/C14H31N3O/c1-5-7-8-9-10-11-12-13(6-2)14(18)17(15-3)16-4/h13,15-16H,5-12H2,1-4H3. The summed E-state index contributed by atoms with van der Waals surface area (Å²) in [6.07, 6.45) is 9.59. The highest BCUT2D eigenvalue weighted by Crippen LogP contribution is 2.16. The van der Waals surface area contributed by atoms with Crippen LogP contribution >= 0.6 is 0 Å². The Morgan fingerprint density at radius 3 is 2.06 bits per heavy atom. The second kappa shape index (κ2) is 11.5. The summed E-state index contributed by atoms with van der Waals surface area (Å²) in [6.45, 7) is 4.32. The first kappa shape index (κ1) is 17.4. The number of rotatable bonds is 11. The number of hydrazine groups is 2. The summed E-state index contributed by atoms with van der Waals surface area (Å²) >= 11 is 0. The van der Waals surface area contributed by atoms with Gasteiger partial charge in [0.05, 0.1) is 0 Å². The molecule has 4 nitrogen and oxygen atoms in total.